The first-order chi connectivity index (χ1) is 4.64. The molecule has 1 unspecified atom stereocenters. The number of alkyl halides is 1. The average molecular weight is 161 g/mol. The van der Waals surface area contributed by atoms with Crippen molar-refractivity contribution in [2.75, 3.05) is 5.88 Å². The number of halogens is 1. The lowest BCUT2D eigenvalue weighted by atomic mass is 9.73. The van der Waals surface area contributed by atoms with E-state index in [1.165, 1.54) is 25.7 Å². The van der Waals surface area contributed by atoms with Gasteiger partial charge in [-0.3, -0.25) is 0 Å². The summed E-state index contributed by atoms with van der Waals surface area (Å²) in [5, 5.41) is 0. The third-order valence-corrected chi connectivity index (χ3v) is 2.96. The van der Waals surface area contributed by atoms with Crippen LogP contribution in [-0.4, -0.2) is 5.88 Å². The third-order valence-electron chi connectivity index (χ3n) is 2.53. The molecule has 1 fully saturated rings. The monoisotopic (exact) mass is 160 g/mol. The standard InChI is InChI=1S/C9H17Cl/c1-9(2)5-3-4-8(6-9)7-10/h8H,3-7H2,1-2H3. The molecule has 1 aliphatic rings. The molecule has 1 aliphatic carbocycles. The summed E-state index contributed by atoms with van der Waals surface area (Å²) in [4.78, 5) is 0. The molecule has 10 heavy (non-hydrogen) atoms. The third kappa shape index (κ3) is 2.16. The summed E-state index contributed by atoms with van der Waals surface area (Å²) in [6.45, 7) is 4.71. The fraction of sp³-hybridized carbons (Fsp3) is 1.00. The molecule has 1 saturated carbocycles. The van der Waals surface area contributed by atoms with Gasteiger partial charge >= 0.3 is 0 Å². The number of hydrogen-bond donors (Lipinski definition) is 0. The molecule has 0 N–H and O–H groups in total. The first kappa shape index (κ1) is 8.39. The Morgan fingerprint density at radius 1 is 1.50 bits per heavy atom. The molecule has 0 heterocycles. The Kier molecular flexibility index (Phi) is 2.62. The molecule has 0 aromatic carbocycles. The van der Waals surface area contributed by atoms with Crippen LogP contribution in [0.5, 0.6) is 0 Å². The summed E-state index contributed by atoms with van der Waals surface area (Å²) in [5.41, 5.74) is 0.567. The van der Waals surface area contributed by atoms with Gasteiger partial charge in [-0.2, -0.15) is 0 Å². The zero-order valence-electron chi connectivity index (χ0n) is 6.99. The summed E-state index contributed by atoms with van der Waals surface area (Å²) >= 11 is 5.81. The second kappa shape index (κ2) is 3.13. The van der Waals surface area contributed by atoms with Crippen molar-refractivity contribution >= 4 is 11.6 Å². The van der Waals surface area contributed by atoms with E-state index in [4.69, 9.17) is 11.6 Å². The van der Waals surface area contributed by atoms with E-state index in [-0.39, 0.29) is 0 Å². The van der Waals surface area contributed by atoms with Crippen LogP contribution in [0, 0.1) is 11.3 Å². The van der Waals surface area contributed by atoms with E-state index < -0.39 is 0 Å². The van der Waals surface area contributed by atoms with Gasteiger partial charge in [0.15, 0.2) is 0 Å². The average Bonchev–Trinajstić information content (AvgIpc) is 1.86. The molecule has 0 nitrogen and oxygen atoms in total. The van der Waals surface area contributed by atoms with Crippen LogP contribution in [0.3, 0.4) is 0 Å². The minimum Gasteiger partial charge on any atom is -0.126 e. The highest BCUT2D eigenvalue weighted by atomic mass is 35.5. The second-order valence-electron chi connectivity index (χ2n) is 4.28. The SMILES string of the molecule is CC1(C)CCCC(CCl)C1. The Labute approximate surface area is 69.0 Å². The Bertz CT molecular complexity index is 107. The first-order valence-corrected chi connectivity index (χ1v) is 4.73. The summed E-state index contributed by atoms with van der Waals surface area (Å²) in [5.74, 6) is 1.66. The molecule has 0 aromatic heterocycles. The van der Waals surface area contributed by atoms with Crippen molar-refractivity contribution in [2.24, 2.45) is 11.3 Å². The Balaban J connectivity index is 2.40. The molecular formula is C9H17Cl. The molecule has 0 aliphatic heterocycles. The summed E-state index contributed by atoms with van der Waals surface area (Å²) in [6, 6.07) is 0. The molecule has 0 amide bonds. The van der Waals surface area contributed by atoms with Crippen LogP contribution in [0.25, 0.3) is 0 Å². The molecule has 0 saturated heterocycles. The van der Waals surface area contributed by atoms with Crippen LogP contribution < -0.4 is 0 Å². The normalized spacial score (nSPS) is 32.1. The fourth-order valence-corrected chi connectivity index (χ4v) is 2.25. The molecule has 0 aromatic rings. The predicted octanol–water partition coefficient (Wildman–Crippen LogP) is 3.44. The van der Waals surface area contributed by atoms with E-state index in [0.717, 1.165) is 11.8 Å². The quantitative estimate of drug-likeness (QED) is 0.516. The van der Waals surface area contributed by atoms with E-state index in [1.807, 2.05) is 0 Å². The van der Waals surface area contributed by atoms with Gasteiger partial charge in [-0.05, 0) is 30.6 Å². The summed E-state index contributed by atoms with van der Waals surface area (Å²) in [7, 11) is 0. The van der Waals surface area contributed by atoms with Crippen molar-refractivity contribution in [2.45, 2.75) is 39.5 Å². The van der Waals surface area contributed by atoms with Gasteiger partial charge in [-0.15, -0.1) is 11.6 Å². The van der Waals surface area contributed by atoms with Crippen LogP contribution in [0.2, 0.25) is 0 Å². The fourth-order valence-electron chi connectivity index (χ4n) is 1.99. The van der Waals surface area contributed by atoms with Gasteiger partial charge in [0.2, 0.25) is 0 Å². The summed E-state index contributed by atoms with van der Waals surface area (Å²) < 4.78 is 0. The minimum atomic E-state index is 0.567. The summed E-state index contributed by atoms with van der Waals surface area (Å²) in [6.07, 6.45) is 5.45. The van der Waals surface area contributed by atoms with Crippen LogP contribution in [0.15, 0.2) is 0 Å². The van der Waals surface area contributed by atoms with Crippen molar-refractivity contribution in [3.8, 4) is 0 Å². The maximum absolute atomic E-state index is 5.81. The highest BCUT2D eigenvalue weighted by Crippen LogP contribution is 2.38. The highest BCUT2D eigenvalue weighted by Gasteiger charge is 2.26. The molecule has 1 heteroatoms. The molecule has 1 rings (SSSR count). The predicted molar refractivity (Wildman–Crippen MR) is 46.5 cm³/mol. The van der Waals surface area contributed by atoms with Crippen molar-refractivity contribution in [3.05, 3.63) is 0 Å². The van der Waals surface area contributed by atoms with Gasteiger partial charge in [0.25, 0.3) is 0 Å². The van der Waals surface area contributed by atoms with Gasteiger partial charge in [0, 0.05) is 5.88 Å². The van der Waals surface area contributed by atoms with Gasteiger partial charge in [0.1, 0.15) is 0 Å². The molecule has 60 valence electrons. The maximum Gasteiger partial charge on any atom is 0.0251 e. The van der Waals surface area contributed by atoms with E-state index in [2.05, 4.69) is 13.8 Å². The topological polar surface area (TPSA) is 0 Å². The number of rotatable bonds is 1. The molecular weight excluding hydrogens is 144 g/mol. The van der Waals surface area contributed by atoms with Crippen LogP contribution in [0.4, 0.5) is 0 Å². The smallest absolute Gasteiger partial charge is 0.0251 e. The molecule has 1 atom stereocenters. The van der Waals surface area contributed by atoms with Gasteiger partial charge in [-0.25, -0.2) is 0 Å². The van der Waals surface area contributed by atoms with E-state index in [0.29, 0.717) is 5.41 Å². The lowest BCUT2D eigenvalue weighted by Crippen LogP contribution is -2.23. The van der Waals surface area contributed by atoms with Crippen molar-refractivity contribution in [1.29, 1.82) is 0 Å². The zero-order chi connectivity index (χ0) is 7.61. The minimum absolute atomic E-state index is 0.567. The van der Waals surface area contributed by atoms with Crippen LogP contribution >= 0.6 is 11.6 Å². The maximum atomic E-state index is 5.81. The lowest BCUT2D eigenvalue weighted by molar-refractivity contribution is 0.193. The van der Waals surface area contributed by atoms with Crippen molar-refractivity contribution in [1.82, 2.24) is 0 Å². The largest absolute Gasteiger partial charge is 0.126 e. The highest BCUT2D eigenvalue weighted by molar-refractivity contribution is 6.18. The Morgan fingerprint density at radius 3 is 2.60 bits per heavy atom. The Morgan fingerprint density at radius 2 is 2.20 bits per heavy atom. The van der Waals surface area contributed by atoms with E-state index in [1.54, 1.807) is 0 Å². The van der Waals surface area contributed by atoms with Crippen LogP contribution in [-0.2, 0) is 0 Å². The van der Waals surface area contributed by atoms with Crippen molar-refractivity contribution in [3.63, 3.8) is 0 Å². The first-order valence-electron chi connectivity index (χ1n) is 4.20. The van der Waals surface area contributed by atoms with Gasteiger partial charge in [-0.1, -0.05) is 20.3 Å². The number of hydrogen-bond acceptors (Lipinski definition) is 0. The second-order valence-corrected chi connectivity index (χ2v) is 4.59. The molecule has 0 bridgehead atoms. The van der Waals surface area contributed by atoms with Gasteiger partial charge < -0.3 is 0 Å². The van der Waals surface area contributed by atoms with Crippen molar-refractivity contribution < 1.29 is 0 Å². The van der Waals surface area contributed by atoms with Crippen LogP contribution in [0.1, 0.15) is 39.5 Å². The molecule has 0 spiro atoms. The zero-order valence-corrected chi connectivity index (χ0v) is 7.75. The Hall–Kier alpha value is 0.290. The van der Waals surface area contributed by atoms with E-state index >= 15 is 0 Å². The molecule has 0 radical (unpaired) electrons. The van der Waals surface area contributed by atoms with E-state index in [9.17, 15) is 0 Å². The van der Waals surface area contributed by atoms with Gasteiger partial charge in [0.05, 0.1) is 0 Å². The lowest BCUT2D eigenvalue weighted by Gasteiger charge is -2.34.